The first-order valence-corrected chi connectivity index (χ1v) is 2.64. The van der Waals surface area contributed by atoms with Gasteiger partial charge in [-0.2, -0.15) is 5.10 Å². The van der Waals surface area contributed by atoms with Crippen LogP contribution in [0.25, 0.3) is 0 Å². The normalized spacial score (nSPS) is 13.0. The van der Waals surface area contributed by atoms with E-state index in [0.717, 1.165) is 5.56 Å². The van der Waals surface area contributed by atoms with E-state index in [2.05, 4.69) is 16.8 Å². The van der Waals surface area contributed by atoms with E-state index < -0.39 is 6.10 Å². The van der Waals surface area contributed by atoms with Crippen LogP contribution >= 0.6 is 0 Å². The number of aromatic amines is 1. The van der Waals surface area contributed by atoms with E-state index in [4.69, 9.17) is 5.11 Å². The quantitative estimate of drug-likeness (QED) is 0.568. The summed E-state index contributed by atoms with van der Waals surface area (Å²) in [6.07, 6.45) is 4.05. The van der Waals surface area contributed by atoms with E-state index in [1.54, 1.807) is 12.4 Å². The molecule has 9 heavy (non-hydrogen) atoms. The van der Waals surface area contributed by atoms with E-state index in [0.29, 0.717) is 0 Å². The molecular weight excluding hydrogens is 116 g/mol. The summed E-state index contributed by atoms with van der Waals surface area (Å²) in [5.41, 5.74) is 0.741. The molecule has 1 atom stereocenters. The Morgan fingerprint density at radius 1 is 1.89 bits per heavy atom. The minimum atomic E-state index is -0.594. The highest BCUT2D eigenvalue weighted by molar-refractivity contribution is 5.11. The van der Waals surface area contributed by atoms with Crippen LogP contribution in [0.4, 0.5) is 0 Å². The van der Waals surface area contributed by atoms with Crippen LogP contribution in [0.2, 0.25) is 0 Å². The molecule has 3 nitrogen and oxygen atoms in total. The first-order valence-electron chi connectivity index (χ1n) is 2.64. The number of nitrogens with zero attached hydrogens (tertiary/aromatic N) is 1. The largest absolute Gasteiger partial charge is 0.384 e. The zero-order valence-electron chi connectivity index (χ0n) is 4.91. The average molecular weight is 124 g/mol. The molecule has 1 aromatic heterocycles. The first kappa shape index (κ1) is 6.04. The Morgan fingerprint density at radius 2 is 2.67 bits per heavy atom. The summed E-state index contributed by atoms with van der Waals surface area (Å²) in [5, 5.41) is 15.3. The Bertz CT molecular complexity index is 181. The summed E-state index contributed by atoms with van der Waals surface area (Å²) < 4.78 is 0. The van der Waals surface area contributed by atoms with Crippen LogP contribution in [-0.4, -0.2) is 15.3 Å². The average Bonchev–Trinajstić information content (AvgIpc) is 2.37. The molecule has 0 saturated carbocycles. The number of aliphatic hydroxyl groups is 1. The maximum absolute atomic E-state index is 9.04. The molecule has 1 aromatic rings. The number of aliphatic hydroxyl groups excluding tert-OH is 1. The van der Waals surface area contributed by atoms with E-state index >= 15 is 0 Å². The summed E-state index contributed by atoms with van der Waals surface area (Å²) >= 11 is 0. The number of hydrogen-bond acceptors (Lipinski definition) is 2. The molecule has 2 N–H and O–H groups in total. The van der Waals surface area contributed by atoms with Crippen LogP contribution in [0, 0.1) is 0 Å². The second-order valence-corrected chi connectivity index (χ2v) is 1.71. The summed E-state index contributed by atoms with van der Waals surface area (Å²) in [6.45, 7) is 3.42. The van der Waals surface area contributed by atoms with E-state index in [1.165, 1.54) is 6.08 Å². The van der Waals surface area contributed by atoms with Crippen LogP contribution in [0.5, 0.6) is 0 Å². The molecule has 0 bridgehead atoms. The molecule has 0 aromatic carbocycles. The van der Waals surface area contributed by atoms with Crippen LogP contribution in [-0.2, 0) is 0 Å². The van der Waals surface area contributed by atoms with Gasteiger partial charge in [0, 0.05) is 11.8 Å². The highest BCUT2D eigenvalue weighted by Crippen LogP contribution is 2.09. The molecule has 0 radical (unpaired) electrons. The lowest BCUT2D eigenvalue weighted by atomic mass is 10.2. The fourth-order valence-electron chi connectivity index (χ4n) is 0.559. The van der Waals surface area contributed by atoms with E-state index in [-0.39, 0.29) is 0 Å². The molecule has 1 heterocycles. The second-order valence-electron chi connectivity index (χ2n) is 1.71. The van der Waals surface area contributed by atoms with Crippen LogP contribution in [0.3, 0.4) is 0 Å². The highest BCUT2D eigenvalue weighted by Gasteiger charge is 2.00. The third-order valence-corrected chi connectivity index (χ3v) is 1.08. The van der Waals surface area contributed by atoms with Crippen molar-refractivity contribution in [2.45, 2.75) is 6.10 Å². The van der Waals surface area contributed by atoms with Gasteiger partial charge in [0.25, 0.3) is 0 Å². The number of H-pyrrole nitrogens is 1. The fraction of sp³-hybridized carbons (Fsp3) is 0.167. The summed E-state index contributed by atoms with van der Waals surface area (Å²) in [5.74, 6) is 0. The number of hydrogen-bond donors (Lipinski definition) is 2. The standard InChI is InChI=1S/C6H8N2O/c1-2-6(9)5-3-7-8-4-5/h2-4,6,9H,1H2,(H,7,8). The maximum atomic E-state index is 9.04. The van der Waals surface area contributed by atoms with Crippen molar-refractivity contribution >= 4 is 0 Å². The molecule has 0 aliphatic heterocycles. The van der Waals surface area contributed by atoms with Gasteiger partial charge in [0.15, 0.2) is 0 Å². The van der Waals surface area contributed by atoms with Gasteiger partial charge in [0.2, 0.25) is 0 Å². The molecule has 0 spiro atoms. The van der Waals surface area contributed by atoms with Crippen LogP contribution < -0.4 is 0 Å². The first-order chi connectivity index (χ1) is 4.34. The van der Waals surface area contributed by atoms with Gasteiger partial charge in [-0.05, 0) is 0 Å². The highest BCUT2D eigenvalue weighted by atomic mass is 16.3. The Balaban J connectivity index is 2.76. The summed E-state index contributed by atoms with van der Waals surface area (Å²) in [7, 11) is 0. The molecule has 0 amide bonds. The van der Waals surface area contributed by atoms with Crippen LogP contribution in [0.1, 0.15) is 11.7 Å². The Kier molecular flexibility index (Phi) is 1.65. The zero-order chi connectivity index (χ0) is 6.69. The maximum Gasteiger partial charge on any atom is 0.0999 e. The van der Waals surface area contributed by atoms with Gasteiger partial charge < -0.3 is 5.11 Å². The minimum absolute atomic E-state index is 0.594. The third-order valence-electron chi connectivity index (χ3n) is 1.08. The van der Waals surface area contributed by atoms with Crippen molar-refractivity contribution in [1.82, 2.24) is 10.2 Å². The van der Waals surface area contributed by atoms with Crippen molar-refractivity contribution in [3.8, 4) is 0 Å². The third kappa shape index (κ3) is 1.17. The van der Waals surface area contributed by atoms with Gasteiger partial charge in [-0.15, -0.1) is 6.58 Å². The molecule has 0 aliphatic carbocycles. The van der Waals surface area contributed by atoms with Gasteiger partial charge in [-0.1, -0.05) is 6.08 Å². The molecule has 48 valence electrons. The van der Waals surface area contributed by atoms with Crippen molar-refractivity contribution in [1.29, 1.82) is 0 Å². The predicted molar refractivity (Wildman–Crippen MR) is 33.7 cm³/mol. The predicted octanol–water partition coefficient (Wildman–Crippen LogP) is 0.629. The lowest BCUT2D eigenvalue weighted by molar-refractivity contribution is 0.229. The SMILES string of the molecule is C=CC(O)c1cn[nH]c1. The van der Waals surface area contributed by atoms with E-state index in [1.807, 2.05) is 0 Å². The molecule has 1 unspecified atom stereocenters. The molecule has 1 rings (SSSR count). The fourth-order valence-corrected chi connectivity index (χ4v) is 0.559. The molecule has 0 aliphatic rings. The molecular formula is C6H8N2O. The summed E-state index contributed by atoms with van der Waals surface area (Å²) in [4.78, 5) is 0. The summed E-state index contributed by atoms with van der Waals surface area (Å²) in [6, 6.07) is 0. The van der Waals surface area contributed by atoms with Crippen LogP contribution in [0.15, 0.2) is 25.0 Å². The van der Waals surface area contributed by atoms with Crippen molar-refractivity contribution in [2.75, 3.05) is 0 Å². The molecule has 3 heteroatoms. The van der Waals surface area contributed by atoms with Gasteiger partial charge in [0.1, 0.15) is 0 Å². The van der Waals surface area contributed by atoms with Gasteiger partial charge in [-0.25, -0.2) is 0 Å². The molecule has 0 saturated heterocycles. The lowest BCUT2D eigenvalue weighted by Crippen LogP contribution is -1.87. The van der Waals surface area contributed by atoms with Gasteiger partial charge in [-0.3, -0.25) is 5.10 Å². The van der Waals surface area contributed by atoms with Crippen molar-refractivity contribution in [2.24, 2.45) is 0 Å². The van der Waals surface area contributed by atoms with Crippen molar-refractivity contribution < 1.29 is 5.11 Å². The van der Waals surface area contributed by atoms with Crippen molar-refractivity contribution in [3.63, 3.8) is 0 Å². The number of nitrogens with one attached hydrogen (secondary N) is 1. The van der Waals surface area contributed by atoms with Crippen molar-refractivity contribution in [3.05, 3.63) is 30.6 Å². The monoisotopic (exact) mass is 124 g/mol. The minimum Gasteiger partial charge on any atom is -0.384 e. The second kappa shape index (κ2) is 2.46. The van der Waals surface area contributed by atoms with Gasteiger partial charge >= 0.3 is 0 Å². The Hall–Kier alpha value is -1.09. The Labute approximate surface area is 53.0 Å². The van der Waals surface area contributed by atoms with Gasteiger partial charge in [0.05, 0.1) is 12.3 Å². The smallest absolute Gasteiger partial charge is 0.0999 e. The number of rotatable bonds is 2. The van der Waals surface area contributed by atoms with E-state index in [9.17, 15) is 0 Å². The Morgan fingerprint density at radius 3 is 3.11 bits per heavy atom. The number of aromatic nitrogens is 2. The molecule has 0 fully saturated rings. The lowest BCUT2D eigenvalue weighted by Gasteiger charge is -1.96. The topological polar surface area (TPSA) is 48.9 Å². The zero-order valence-corrected chi connectivity index (χ0v) is 4.91.